The van der Waals surface area contributed by atoms with E-state index in [0.717, 1.165) is 32.1 Å². The van der Waals surface area contributed by atoms with Gasteiger partial charge in [-0.05, 0) is 12.8 Å². The van der Waals surface area contributed by atoms with Gasteiger partial charge in [-0.3, -0.25) is 4.79 Å². The number of ether oxygens (including phenoxy) is 1. The van der Waals surface area contributed by atoms with Gasteiger partial charge in [0, 0.05) is 18.5 Å². The number of carboxylic acids is 1. The molecule has 2 aliphatic rings. The van der Waals surface area contributed by atoms with E-state index < -0.39 is 18.0 Å². The van der Waals surface area contributed by atoms with Crippen molar-refractivity contribution >= 4 is 12.1 Å². The van der Waals surface area contributed by atoms with Crippen LogP contribution in [-0.2, 0) is 9.53 Å². The quantitative estimate of drug-likeness (QED) is 0.797. The molecule has 2 rings (SSSR count). The lowest BCUT2D eigenvalue weighted by atomic mass is 9.68. The van der Waals surface area contributed by atoms with Crippen LogP contribution in [0.15, 0.2) is 12.7 Å². The minimum atomic E-state index is -0.791. The first kappa shape index (κ1) is 13.9. The SMILES string of the molecule is C=CCOC(=O)N1CC(C(=O)O)C2(CCCCC2)C1. The summed E-state index contributed by atoms with van der Waals surface area (Å²) in [7, 11) is 0. The second kappa shape index (κ2) is 5.63. The molecule has 1 saturated carbocycles. The van der Waals surface area contributed by atoms with Crippen molar-refractivity contribution in [1.82, 2.24) is 4.90 Å². The van der Waals surface area contributed by atoms with Crippen molar-refractivity contribution in [2.75, 3.05) is 19.7 Å². The lowest BCUT2D eigenvalue weighted by Gasteiger charge is -2.36. The summed E-state index contributed by atoms with van der Waals surface area (Å²) in [6.07, 6.45) is 6.16. The third-order valence-electron chi connectivity index (χ3n) is 4.38. The van der Waals surface area contributed by atoms with Gasteiger partial charge in [0.1, 0.15) is 6.61 Å². The van der Waals surface area contributed by atoms with Crippen LogP contribution in [0.4, 0.5) is 4.79 Å². The molecular formula is C14H21NO4. The third kappa shape index (κ3) is 2.74. The molecule has 5 heteroatoms. The first-order valence-corrected chi connectivity index (χ1v) is 6.84. The molecule has 106 valence electrons. The topological polar surface area (TPSA) is 66.8 Å². The van der Waals surface area contributed by atoms with E-state index in [-0.39, 0.29) is 18.6 Å². The van der Waals surface area contributed by atoms with E-state index in [0.29, 0.717) is 6.54 Å². The number of aliphatic carboxylic acids is 1. The van der Waals surface area contributed by atoms with Gasteiger partial charge in [0.05, 0.1) is 5.92 Å². The van der Waals surface area contributed by atoms with E-state index in [1.807, 2.05) is 0 Å². The average molecular weight is 267 g/mol. The first-order chi connectivity index (χ1) is 9.09. The third-order valence-corrected chi connectivity index (χ3v) is 4.38. The fraction of sp³-hybridized carbons (Fsp3) is 0.714. The van der Waals surface area contributed by atoms with Crippen LogP contribution in [0.25, 0.3) is 0 Å². The Balaban J connectivity index is 2.09. The molecular weight excluding hydrogens is 246 g/mol. The number of likely N-dealkylation sites (tertiary alicyclic amines) is 1. The molecule has 1 amide bonds. The number of carbonyl (C=O) groups excluding carboxylic acids is 1. The van der Waals surface area contributed by atoms with E-state index in [4.69, 9.17) is 4.74 Å². The van der Waals surface area contributed by atoms with Crippen LogP contribution in [0.2, 0.25) is 0 Å². The lowest BCUT2D eigenvalue weighted by molar-refractivity contribution is -0.145. The maximum absolute atomic E-state index is 11.9. The zero-order valence-electron chi connectivity index (χ0n) is 11.1. The lowest BCUT2D eigenvalue weighted by Crippen LogP contribution is -2.37. The Labute approximate surface area is 113 Å². The van der Waals surface area contributed by atoms with E-state index >= 15 is 0 Å². The summed E-state index contributed by atoms with van der Waals surface area (Å²) in [4.78, 5) is 24.9. The van der Waals surface area contributed by atoms with Crippen molar-refractivity contribution in [3.8, 4) is 0 Å². The number of hydrogen-bond donors (Lipinski definition) is 1. The van der Waals surface area contributed by atoms with Gasteiger partial charge in [-0.25, -0.2) is 4.79 Å². The maximum Gasteiger partial charge on any atom is 0.410 e. The zero-order valence-corrected chi connectivity index (χ0v) is 11.1. The smallest absolute Gasteiger partial charge is 0.410 e. The van der Waals surface area contributed by atoms with Crippen molar-refractivity contribution in [1.29, 1.82) is 0 Å². The second-order valence-electron chi connectivity index (χ2n) is 5.56. The van der Waals surface area contributed by atoms with E-state index in [2.05, 4.69) is 6.58 Å². The normalized spacial score (nSPS) is 25.3. The molecule has 19 heavy (non-hydrogen) atoms. The average Bonchev–Trinajstić information content (AvgIpc) is 2.76. The number of hydrogen-bond acceptors (Lipinski definition) is 3. The Hall–Kier alpha value is -1.52. The van der Waals surface area contributed by atoms with E-state index in [1.54, 1.807) is 4.90 Å². The number of amides is 1. The predicted molar refractivity (Wildman–Crippen MR) is 69.8 cm³/mol. The van der Waals surface area contributed by atoms with Crippen molar-refractivity contribution in [3.63, 3.8) is 0 Å². The fourth-order valence-corrected chi connectivity index (χ4v) is 3.43. The highest BCUT2D eigenvalue weighted by Gasteiger charge is 2.51. The molecule has 1 heterocycles. The minimum absolute atomic E-state index is 0.167. The van der Waals surface area contributed by atoms with E-state index in [9.17, 15) is 14.7 Å². The Morgan fingerprint density at radius 1 is 1.37 bits per heavy atom. The predicted octanol–water partition coefficient (Wildman–Crippen LogP) is 2.28. The fourth-order valence-electron chi connectivity index (χ4n) is 3.43. The highest BCUT2D eigenvalue weighted by Crippen LogP contribution is 2.47. The van der Waals surface area contributed by atoms with Gasteiger partial charge in [-0.2, -0.15) is 0 Å². The first-order valence-electron chi connectivity index (χ1n) is 6.84. The van der Waals surface area contributed by atoms with Gasteiger partial charge < -0.3 is 14.7 Å². The molecule has 1 aliphatic heterocycles. The van der Waals surface area contributed by atoms with E-state index in [1.165, 1.54) is 6.08 Å². The number of carbonyl (C=O) groups is 2. The van der Waals surface area contributed by atoms with Crippen LogP contribution < -0.4 is 0 Å². The van der Waals surface area contributed by atoms with Gasteiger partial charge >= 0.3 is 12.1 Å². The largest absolute Gasteiger partial charge is 0.481 e. The summed E-state index contributed by atoms with van der Waals surface area (Å²) < 4.78 is 5.01. The maximum atomic E-state index is 11.9. The molecule has 0 bridgehead atoms. The summed E-state index contributed by atoms with van der Waals surface area (Å²) >= 11 is 0. The van der Waals surface area contributed by atoms with Gasteiger partial charge in [0.25, 0.3) is 0 Å². The second-order valence-corrected chi connectivity index (χ2v) is 5.56. The molecule has 2 fully saturated rings. The molecule has 0 aromatic heterocycles. The summed E-state index contributed by atoms with van der Waals surface area (Å²) in [5.74, 6) is -1.25. The van der Waals surface area contributed by atoms with Crippen molar-refractivity contribution in [3.05, 3.63) is 12.7 Å². The highest BCUT2D eigenvalue weighted by atomic mass is 16.6. The summed E-state index contributed by atoms with van der Waals surface area (Å²) in [6, 6.07) is 0. The van der Waals surface area contributed by atoms with Crippen molar-refractivity contribution in [2.45, 2.75) is 32.1 Å². The molecule has 1 atom stereocenters. The Morgan fingerprint density at radius 2 is 2.05 bits per heavy atom. The molecule has 5 nitrogen and oxygen atoms in total. The standard InChI is InChI=1S/C14H21NO4/c1-2-8-19-13(18)15-9-11(12(16)17)14(10-15)6-4-3-5-7-14/h2,11H,1,3-10H2,(H,16,17). The molecule has 1 unspecified atom stereocenters. The van der Waals surface area contributed by atoms with Crippen LogP contribution in [0.5, 0.6) is 0 Å². The molecule has 1 N–H and O–H groups in total. The Kier molecular flexibility index (Phi) is 4.12. The molecule has 1 saturated heterocycles. The van der Waals surface area contributed by atoms with Crippen LogP contribution >= 0.6 is 0 Å². The number of nitrogens with zero attached hydrogens (tertiary/aromatic N) is 1. The summed E-state index contributed by atoms with van der Waals surface area (Å²) in [6.45, 7) is 4.45. The summed E-state index contributed by atoms with van der Waals surface area (Å²) in [5.41, 5.74) is -0.239. The van der Waals surface area contributed by atoms with Gasteiger partial charge in [-0.1, -0.05) is 31.9 Å². The molecule has 0 aromatic carbocycles. The Bertz CT molecular complexity index is 374. The molecule has 1 aliphatic carbocycles. The monoisotopic (exact) mass is 267 g/mol. The molecule has 1 spiro atoms. The number of rotatable bonds is 3. The van der Waals surface area contributed by atoms with Crippen LogP contribution in [0.3, 0.4) is 0 Å². The van der Waals surface area contributed by atoms with Gasteiger partial charge in [0.15, 0.2) is 0 Å². The molecule has 0 aromatic rings. The Morgan fingerprint density at radius 3 is 2.63 bits per heavy atom. The summed E-state index contributed by atoms with van der Waals surface area (Å²) in [5, 5.41) is 9.41. The zero-order chi connectivity index (χ0) is 13.9. The molecule has 0 radical (unpaired) electrons. The van der Waals surface area contributed by atoms with Crippen LogP contribution in [-0.4, -0.2) is 41.8 Å². The highest BCUT2D eigenvalue weighted by molar-refractivity contribution is 5.75. The number of carboxylic acid groups (broad SMARTS) is 1. The van der Waals surface area contributed by atoms with Crippen molar-refractivity contribution in [2.24, 2.45) is 11.3 Å². The minimum Gasteiger partial charge on any atom is -0.481 e. The van der Waals surface area contributed by atoms with Crippen molar-refractivity contribution < 1.29 is 19.4 Å². The van der Waals surface area contributed by atoms with Gasteiger partial charge in [-0.15, -0.1) is 0 Å². The van der Waals surface area contributed by atoms with Crippen LogP contribution in [0.1, 0.15) is 32.1 Å². The van der Waals surface area contributed by atoms with Crippen LogP contribution in [0, 0.1) is 11.3 Å². The van der Waals surface area contributed by atoms with Gasteiger partial charge in [0.2, 0.25) is 0 Å².